The van der Waals surface area contributed by atoms with Gasteiger partial charge in [-0.15, -0.1) is 0 Å². The molecule has 98 valence electrons. The van der Waals surface area contributed by atoms with Gasteiger partial charge in [0.1, 0.15) is 0 Å². The maximum atomic E-state index is 11.8. The first kappa shape index (κ1) is 12.6. The van der Waals surface area contributed by atoms with Crippen LogP contribution in [0.1, 0.15) is 19.3 Å². The third-order valence-electron chi connectivity index (χ3n) is 3.98. The number of piperidine rings is 1. The maximum absolute atomic E-state index is 11.8. The second-order valence-corrected chi connectivity index (χ2v) is 5.28. The van der Waals surface area contributed by atoms with Gasteiger partial charge in [0, 0.05) is 13.1 Å². The lowest BCUT2D eigenvalue weighted by molar-refractivity contribution is 0.191. The van der Waals surface area contributed by atoms with Crippen LogP contribution in [-0.2, 0) is 0 Å². The number of likely N-dealkylation sites (tertiary alicyclic amines) is 1. The first-order valence-electron chi connectivity index (χ1n) is 6.64. The predicted molar refractivity (Wildman–Crippen MR) is 67.8 cm³/mol. The van der Waals surface area contributed by atoms with E-state index in [1.165, 1.54) is 12.8 Å². The molecule has 5 nitrogen and oxygen atoms in total. The Morgan fingerprint density at radius 2 is 2.12 bits per heavy atom. The van der Waals surface area contributed by atoms with Crippen LogP contribution in [0.4, 0.5) is 4.79 Å². The van der Waals surface area contributed by atoms with Gasteiger partial charge < -0.3 is 20.9 Å². The molecule has 2 heterocycles. The minimum Gasteiger partial charge on any atom is -0.333 e. The van der Waals surface area contributed by atoms with Gasteiger partial charge in [0.05, 0.1) is 6.04 Å². The van der Waals surface area contributed by atoms with Crippen LogP contribution in [0.3, 0.4) is 0 Å². The lowest BCUT2D eigenvalue weighted by Crippen LogP contribution is -2.41. The van der Waals surface area contributed by atoms with Crippen molar-refractivity contribution in [3.63, 3.8) is 0 Å². The highest BCUT2D eigenvalue weighted by Gasteiger charge is 2.34. The summed E-state index contributed by atoms with van der Waals surface area (Å²) in [6, 6.07) is 0.455. The van der Waals surface area contributed by atoms with Crippen molar-refractivity contribution in [2.45, 2.75) is 25.3 Å². The van der Waals surface area contributed by atoms with Gasteiger partial charge in [-0.2, -0.15) is 0 Å². The molecular weight excluding hydrogens is 216 g/mol. The van der Waals surface area contributed by atoms with Gasteiger partial charge in [0.25, 0.3) is 0 Å². The highest BCUT2D eigenvalue weighted by molar-refractivity contribution is 5.76. The van der Waals surface area contributed by atoms with Gasteiger partial charge in [0.2, 0.25) is 0 Å². The van der Waals surface area contributed by atoms with Gasteiger partial charge in [0.15, 0.2) is 0 Å². The van der Waals surface area contributed by atoms with Crippen molar-refractivity contribution in [2.24, 2.45) is 11.7 Å². The zero-order valence-corrected chi connectivity index (χ0v) is 10.7. The van der Waals surface area contributed by atoms with Crippen molar-refractivity contribution in [3.8, 4) is 0 Å². The Morgan fingerprint density at radius 1 is 1.41 bits per heavy atom. The molecule has 0 saturated carbocycles. The summed E-state index contributed by atoms with van der Waals surface area (Å²) < 4.78 is 0. The van der Waals surface area contributed by atoms with E-state index in [2.05, 4.69) is 17.3 Å². The molecule has 1 unspecified atom stereocenters. The zero-order chi connectivity index (χ0) is 12.3. The van der Waals surface area contributed by atoms with E-state index < -0.39 is 0 Å². The summed E-state index contributed by atoms with van der Waals surface area (Å²) in [6.07, 6.45) is 3.30. The molecule has 2 saturated heterocycles. The number of hydrogen-bond acceptors (Lipinski definition) is 3. The molecule has 5 heteroatoms. The molecule has 0 bridgehead atoms. The van der Waals surface area contributed by atoms with Crippen molar-refractivity contribution in [1.29, 1.82) is 0 Å². The van der Waals surface area contributed by atoms with Crippen LogP contribution < -0.4 is 11.1 Å². The minimum absolute atomic E-state index is 0.0994. The number of nitrogens with two attached hydrogens (primary N) is 1. The Balaban J connectivity index is 1.81. The van der Waals surface area contributed by atoms with E-state index in [0.29, 0.717) is 18.5 Å². The van der Waals surface area contributed by atoms with E-state index in [1.807, 2.05) is 4.90 Å². The summed E-state index contributed by atoms with van der Waals surface area (Å²) in [6.45, 7) is 4.63. The summed E-state index contributed by atoms with van der Waals surface area (Å²) in [5, 5.41) is 3.13. The fourth-order valence-corrected chi connectivity index (χ4v) is 2.79. The van der Waals surface area contributed by atoms with Crippen molar-refractivity contribution in [1.82, 2.24) is 15.1 Å². The SMILES string of the molecule is CN1CCC(C2CN(CCCN)C(=O)N2)CC1. The second-order valence-electron chi connectivity index (χ2n) is 5.28. The van der Waals surface area contributed by atoms with Crippen molar-refractivity contribution >= 4 is 6.03 Å². The molecule has 17 heavy (non-hydrogen) atoms. The molecule has 0 radical (unpaired) electrons. The summed E-state index contributed by atoms with van der Waals surface area (Å²) >= 11 is 0. The number of nitrogens with one attached hydrogen (secondary N) is 1. The summed E-state index contributed by atoms with van der Waals surface area (Å²) in [7, 11) is 2.16. The second kappa shape index (κ2) is 5.69. The smallest absolute Gasteiger partial charge is 0.317 e. The predicted octanol–water partition coefficient (Wildman–Crippen LogP) is 0.0708. The molecule has 3 N–H and O–H groups in total. The molecular formula is C12H24N4O. The van der Waals surface area contributed by atoms with Crippen molar-refractivity contribution in [3.05, 3.63) is 0 Å². The minimum atomic E-state index is 0.0994. The van der Waals surface area contributed by atoms with Crippen LogP contribution in [0.5, 0.6) is 0 Å². The molecule has 0 aromatic rings. The zero-order valence-electron chi connectivity index (χ0n) is 10.7. The highest BCUT2D eigenvalue weighted by Crippen LogP contribution is 2.23. The fraction of sp³-hybridized carbons (Fsp3) is 0.917. The molecule has 0 spiro atoms. The molecule has 1 atom stereocenters. The fourth-order valence-electron chi connectivity index (χ4n) is 2.79. The van der Waals surface area contributed by atoms with E-state index in [0.717, 1.165) is 32.6 Å². The lowest BCUT2D eigenvalue weighted by Gasteiger charge is -2.32. The molecule has 2 fully saturated rings. The molecule has 2 aliphatic rings. The van der Waals surface area contributed by atoms with Gasteiger partial charge >= 0.3 is 6.03 Å². The average molecular weight is 240 g/mol. The third kappa shape index (κ3) is 3.10. The topological polar surface area (TPSA) is 61.6 Å². The largest absolute Gasteiger partial charge is 0.333 e. The Morgan fingerprint density at radius 3 is 2.76 bits per heavy atom. The first-order chi connectivity index (χ1) is 8.20. The van der Waals surface area contributed by atoms with E-state index >= 15 is 0 Å². The summed E-state index contributed by atoms with van der Waals surface area (Å²) in [5.41, 5.74) is 5.48. The number of nitrogens with zero attached hydrogens (tertiary/aromatic N) is 2. The number of hydrogen-bond donors (Lipinski definition) is 2. The Kier molecular flexibility index (Phi) is 4.23. The van der Waals surface area contributed by atoms with Crippen molar-refractivity contribution < 1.29 is 4.79 Å². The van der Waals surface area contributed by atoms with Crippen LogP contribution in [0, 0.1) is 5.92 Å². The lowest BCUT2D eigenvalue weighted by atomic mass is 9.90. The van der Waals surface area contributed by atoms with Crippen molar-refractivity contribution in [2.75, 3.05) is 39.8 Å². The Hall–Kier alpha value is -0.810. The standard InChI is InChI=1S/C12H24N4O/c1-15-7-3-10(4-8-15)11-9-16(6-2-5-13)12(17)14-11/h10-11H,2-9,13H2,1H3,(H,14,17). The Labute approximate surface area is 103 Å². The van der Waals surface area contributed by atoms with Gasteiger partial charge in [-0.05, 0) is 51.9 Å². The maximum Gasteiger partial charge on any atom is 0.317 e. The number of urea groups is 1. The number of carbonyl (C=O) groups is 1. The van der Waals surface area contributed by atoms with Gasteiger partial charge in [-0.1, -0.05) is 0 Å². The highest BCUT2D eigenvalue weighted by atomic mass is 16.2. The Bertz CT molecular complexity index is 263. The molecule has 0 aliphatic carbocycles. The normalized spacial score (nSPS) is 27.5. The average Bonchev–Trinajstić information content (AvgIpc) is 2.69. The van der Waals surface area contributed by atoms with Crippen LogP contribution in [0.2, 0.25) is 0 Å². The quantitative estimate of drug-likeness (QED) is 0.731. The van der Waals surface area contributed by atoms with Gasteiger partial charge in [-0.3, -0.25) is 0 Å². The molecule has 2 aliphatic heterocycles. The van der Waals surface area contributed by atoms with Crippen LogP contribution in [-0.4, -0.2) is 61.6 Å². The van der Waals surface area contributed by atoms with Gasteiger partial charge in [-0.25, -0.2) is 4.79 Å². The first-order valence-corrected chi connectivity index (χ1v) is 6.64. The van der Waals surface area contributed by atoms with Crippen LogP contribution >= 0.6 is 0 Å². The van der Waals surface area contributed by atoms with Crippen LogP contribution in [0.15, 0.2) is 0 Å². The number of amides is 2. The number of carbonyl (C=O) groups excluding carboxylic acids is 1. The molecule has 2 rings (SSSR count). The monoisotopic (exact) mass is 240 g/mol. The third-order valence-corrected chi connectivity index (χ3v) is 3.98. The molecule has 0 aromatic carbocycles. The summed E-state index contributed by atoms with van der Waals surface area (Å²) in [4.78, 5) is 16.0. The van der Waals surface area contributed by atoms with E-state index in [1.54, 1.807) is 0 Å². The summed E-state index contributed by atoms with van der Waals surface area (Å²) in [5.74, 6) is 0.651. The molecule has 0 aromatic heterocycles. The van der Waals surface area contributed by atoms with E-state index in [-0.39, 0.29) is 6.03 Å². The van der Waals surface area contributed by atoms with E-state index in [4.69, 9.17) is 5.73 Å². The number of rotatable bonds is 4. The van der Waals surface area contributed by atoms with Crippen LogP contribution in [0.25, 0.3) is 0 Å². The molecule has 2 amide bonds. The van der Waals surface area contributed by atoms with E-state index in [9.17, 15) is 4.79 Å².